The van der Waals surface area contributed by atoms with Gasteiger partial charge >= 0.3 is 5.96 Å². The van der Waals surface area contributed by atoms with Gasteiger partial charge in [-0.1, -0.05) is 0 Å². The number of hydrogen-bond acceptors (Lipinski definition) is 0. The van der Waals surface area contributed by atoms with E-state index in [1.165, 1.54) is 0 Å². The molecular formula is C9H19IN5+. The van der Waals surface area contributed by atoms with Gasteiger partial charge in [0.05, 0.1) is 21.1 Å². The molecule has 0 amide bonds. The van der Waals surface area contributed by atoms with Gasteiger partial charge in [-0.2, -0.15) is 0 Å². The van der Waals surface area contributed by atoms with E-state index >= 15 is 0 Å². The molecule has 15 heavy (non-hydrogen) atoms. The lowest BCUT2D eigenvalue weighted by molar-refractivity contribution is -0.469. The summed E-state index contributed by atoms with van der Waals surface area (Å²) in [5.41, 5.74) is 0. The van der Waals surface area contributed by atoms with Crippen molar-refractivity contribution in [3.05, 3.63) is 0 Å². The first-order valence-electron chi connectivity index (χ1n) is 4.88. The van der Waals surface area contributed by atoms with Crippen LogP contribution in [0.2, 0.25) is 0 Å². The summed E-state index contributed by atoms with van der Waals surface area (Å²) in [6, 6.07) is 0. The van der Waals surface area contributed by atoms with Crippen molar-refractivity contribution in [1.82, 2.24) is 12.9 Å². The van der Waals surface area contributed by atoms with Crippen LogP contribution < -0.4 is 0 Å². The van der Waals surface area contributed by atoms with Gasteiger partial charge in [0.25, 0.3) is 5.96 Å². The second kappa shape index (κ2) is 5.00. The average Bonchev–Trinajstić information content (AvgIpc) is 2.42. The summed E-state index contributed by atoms with van der Waals surface area (Å²) in [4.78, 5) is 9.01. The fourth-order valence-electron chi connectivity index (χ4n) is 1.50. The van der Waals surface area contributed by atoms with E-state index in [1.54, 1.807) is 0 Å². The smallest absolute Gasteiger partial charge is 0.330 e. The summed E-state index contributed by atoms with van der Waals surface area (Å²) in [5, 5.41) is 0. The standard InChI is InChI=1S/C9H19IN5/c1-12(2)8(15(5)10)11-9-13(3)6-7-14(9)4/h6-7H2,1-5H3/q+1. The normalized spacial score (nSPS) is 15.7. The quantitative estimate of drug-likeness (QED) is 0.208. The molecule has 0 aromatic heterocycles. The minimum Gasteiger partial charge on any atom is -0.330 e. The molecule has 6 heteroatoms. The number of likely N-dealkylation sites (N-methyl/N-ethyl adjacent to an activating group) is 2. The van der Waals surface area contributed by atoms with Crippen LogP contribution in [0.5, 0.6) is 0 Å². The maximum atomic E-state index is 4.67. The van der Waals surface area contributed by atoms with Crippen LogP contribution in [0.1, 0.15) is 0 Å². The Bertz CT molecular complexity index is 281. The predicted octanol–water partition coefficient (Wildman–Crippen LogP) is 0.129. The zero-order valence-corrected chi connectivity index (χ0v) is 12.2. The molecule has 0 radical (unpaired) electrons. The summed E-state index contributed by atoms with van der Waals surface area (Å²) in [5.74, 6) is 1.98. The summed E-state index contributed by atoms with van der Waals surface area (Å²) in [6.45, 7) is 2.09. The second-order valence-electron chi connectivity index (χ2n) is 3.93. The van der Waals surface area contributed by atoms with Crippen molar-refractivity contribution in [2.24, 2.45) is 4.99 Å². The Morgan fingerprint density at radius 3 is 2.13 bits per heavy atom. The van der Waals surface area contributed by atoms with Gasteiger partial charge in [-0.15, -0.1) is 0 Å². The van der Waals surface area contributed by atoms with Crippen LogP contribution >= 0.6 is 22.9 Å². The molecule has 0 unspecified atom stereocenters. The zero-order chi connectivity index (χ0) is 11.6. The highest BCUT2D eigenvalue weighted by molar-refractivity contribution is 14.1. The van der Waals surface area contributed by atoms with E-state index in [4.69, 9.17) is 0 Å². The van der Waals surface area contributed by atoms with E-state index in [2.05, 4.69) is 51.8 Å². The third-order valence-electron chi connectivity index (χ3n) is 2.33. The largest absolute Gasteiger partial charge is 0.401 e. The summed E-state index contributed by atoms with van der Waals surface area (Å²) < 4.78 is 4.00. The van der Waals surface area contributed by atoms with Crippen LogP contribution in [-0.4, -0.2) is 77.7 Å². The van der Waals surface area contributed by atoms with E-state index in [9.17, 15) is 0 Å². The Kier molecular flexibility index (Phi) is 4.18. The highest BCUT2D eigenvalue weighted by Crippen LogP contribution is 2.06. The molecule has 1 fully saturated rings. The molecule has 0 spiro atoms. The van der Waals surface area contributed by atoms with Gasteiger partial charge in [-0.3, -0.25) is 4.58 Å². The van der Waals surface area contributed by atoms with Gasteiger partial charge in [-0.05, 0) is 4.99 Å². The Morgan fingerprint density at radius 1 is 1.33 bits per heavy atom. The Labute approximate surface area is 106 Å². The molecule has 0 aliphatic carbocycles. The van der Waals surface area contributed by atoms with Crippen molar-refractivity contribution in [2.45, 2.75) is 0 Å². The monoisotopic (exact) mass is 324 g/mol. The molecule has 1 aliphatic rings. The number of halogens is 1. The van der Waals surface area contributed by atoms with E-state index in [1.807, 2.05) is 28.8 Å². The van der Waals surface area contributed by atoms with E-state index in [0.29, 0.717) is 0 Å². The van der Waals surface area contributed by atoms with Crippen LogP contribution in [0.4, 0.5) is 0 Å². The maximum absolute atomic E-state index is 4.67. The zero-order valence-electron chi connectivity index (χ0n) is 10.0. The van der Waals surface area contributed by atoms with Crippen LogP contribution in [0.15, 0.2) is 4.99 Å². The fraction of sp³-hybridized carbons (Fsp3) is 0.778. The van der Waals surface area contributed by atoms with Gasteiger partial charge in [0.15, 0.2) is 22.9 Å². The van der Waals surface area contributed by atoms with Crippen LogP contribution in [0, 0.1) is 0 Å². The topological polar surface area (TPSA) is 25.1 Å². The van der Waals surface area contributed by atoms with Crippen LogP contribution in [0.3, 0.4) is 0 Å². The van der Waals surface area contributed by atoms with Crippen molar-refractivity contribution in [3.8, 4) is 0 Å². The number of hydrogen-bond donors (Lipinski definition) is 0. The number of nitrogens with zero attached hydrogens (tertiary/aromatic N) is 5. The van der Waals surface area contributed by atoms with Gasteiger partial charge < -0.3 is 9.80 Å². The molecule has 0 aromatic carbocycles. The van der Waals surface area contributed by atoms with Crippen molar-refractivity contribution in [2.75, 3.05) is 48.3 Å². The molecule has 86 valence electrons. The highest BCUT2D eigenvalue weighted by Gasteiger charge is 2.26. The molecule has 0 saturated carbocycles. The molecule has 0 N–H and O–H groups in total. The molecule has 1 heterocycles. The van der Waals surface area contributed by atoms with Crippen molar-refractivity contribution in [1.29, 1.82) is 0 Å². The molecular weight excluding hydrogens is 305 g/mol. The third-order valence-corrected chi connectivity index (χ3v) is 2.76. The predicted molar refractivity (Wildman–Crippen MR) is 71.6 cm³/mol. The molecule has 1 rings (SSSR count). The lowest BCUT2D eigenvalue weighted by atomic mass is 10.6. The average molecular weight is 324 g/mol. The Morgan fingerprint density at radius 2 is 1.80 bits per heavy atom. The highest BCUT2D eigenvalue weighted by atomic mass is 127. The Hall–Kier alpha value is -0.530. The van der Waals surface area contributed by atoms with Gasteiger partial charge in [0.1, 0.15) is 0 Å². The van der Waals surface area contributed by atoms with Crippen molar-refractivity contribution >= 4 is 34.8 Å². The van der Waals surface area contributed by atoms with Crippen LogP contribution in [0.25, 0.3) is 0 Å². The molecule has 1 saturated heterocycles. The van der Waals surface area contributed by atoms with E-state index in [0.717, 1.165) is 25.0 Å². The Balaban J connectivity index is 2.98. The van der Waals surface area contributed by atoms with E-state index < -0.39 is 0 Å². The van der Waals surface area contributed by atoms with Crippen molar-refractivity contribution in [3.63, 3.8) is 0 Å². The summed E-state index contributed by atoms with van der Waals surface area (Å²) >= 11 is 2.23. The first-order valence-corrected chi connectivity index (χ1v) is 5.84. The minimum absolute atomic E-state index is 0.950. The third kappa shape index (κ3) is 2.96. The molecule has 0 atom stereocenters. The lowest BCUT2D eigenvalue weighted by Crippen LogP contribution is -2.33. The van der Waals surface area contributed by atoms with E-state index in [-0.39, 0.29) is 0 Å². The molecule has 5 nitrogen and oxygen atoms in total. The van der Waals surface area contributed by atoms with Crippen molar-refractivity contribution < 1.29 is 4.58 Å². The van der Waals surface area contributed by atoms with Gasteiger partial charge in [-0.25, -0.2) is 3.11 Å². The number of rotatable bonds is 0. The first-order chi connectivity index (χ1) is 6.93. The van der Waals surface area contributed by atoms with Gasteiger partial charge in [0.2, 0.25) is 0 Å². The fourth-order valence-corrected chi connectivity index (χ4v) is 2.04. The lowest BCUT2D eigenvalue weighted by Gasteiger charge is -2.13. The number of aliphatic imine (C=N–C) groups is 1. The summed E-state index contributed by atoms with van der Waals surface area (Å²) in [7, 11) is 10.1. The molecule has 0 aromatic rings. The minimum atomic E-state index is 0.950. The summed E-state index contributed by atoms with van der Waals surface area (Å²) in [6.07, 6.45) is 0. The van der Waals surface area contributed by atoms with Gasteiger partial charge in [0, 0.05) is 27.2 Å². The second-order valence-corrected chi connectivity index (χ2v) is 5.37. The molecule has 0 bridgehead atoms. The van der Waals surface area contributed by atoms with Crippen LogP contribution in [-0.2, 0) is 0 Å². The first kappa shape index (κ1) is 12.5. The molecule has 1 aliphatic heterocycles. The number of guanidine groups is 2. The SMILES string of the molecule is CN(I)C(N=C1N(C)CCN1C)=[N+](C)C. The maximum Gasteiger partial charge on any atom is 0.401 e.